The van der Waals surface area contributed by atoms with Gasteiger partial charge in [0.1, 0.15) is 0 Å². The first-order valence-electron chi connectivity index (χ1n) is 11.5. The molecule has 1 unspecified atom stereocenters. The van der Waals surface area contributed by atoms with Crippen LogP contribution in [0.3, 0.4) is 0 Å². The molecule has 0 aliphatic heterocycles. The monoisotopic (exact) mass is 438 g/mol. The summed E-state index contributed by atoms with van der Waals surface area (Å²) < 4.78 is 10.6. The normalized spacial score (nSPS) is 12.0. The quantitative estimate of drug-likeness (QED) is 0.222. The topological polar surface area (TPSA) is 78.4 Å². The van der Waals surface area contributed by atoms with Crippen molar-refractivity contribution in [2.24, 2.45) is 0 Å². The summed E-state index contributed by atoms with van der Waals surface area (Å²) in [4.78, 5) is 31.9. The van der Waals surface area contributed by atoms with Crippen LogP contribution in [-0.4, -0.2) is 28.0 Å². The summed E-state index contributed by atoms with van der Waals surface area (Å²) in [5.41, 5.74) is 2.04. The van der Waals surface area contributed by atoms with Gasteiger partial charge in [-0.05, 0) is 51.0 Å². The van der Waals surface area contributed by atoms with Crippen LogP contribution in [0.2, 0.25) is 0 Å². The van der Waals surface area contributed by atoms with Gasteiger partial charge < -0.3 is 9.47 Å². The molecule has 6 heteroatoms. The van der Waals surface area contributed by atoms with Gasteiger partial charge in [-0.2, -0.15) is 0 Å². The van der Waals surface area contributed by atoms with Crippen molar-refractivity contribution < 1.29 is 19.1 Å². The van der Waals surface area contributed by atoms with Crippen molar-refractivity contribution in [2.45, 2.75) is 78.2 Å². The van der Waals surface area contributed by atoms with Gasteiger partial charge in [0.2, 0.25) is 0 Å². The highest BCUT2D eigenvalue weighted by Crippen LogP contribution is 2.19. The molecule has 1 aromatic carbocycles. The third-order valence-electron chi connectivity index (χ3n) is 4.94. The number of aryl methyl sites for hydroxylation is 1. The number of carbonyl (C=O) groups is 2. The molecular weight excluding hydrogens is 404 g/mol. The van der Waals surface area contributed by atoms with Gasteiger partial charge in [-0.1, -0.05) is 50.3 Å². The lowest BCUT2D eigenvalue weighted by Gasteiger charge is -2.12. The predicted molar refractivity (Wildman–Crippen MR) is 125 cm³/mol. The standard InChI is InChI=1S/C26H34N2O4/c1-4-6-7-8-9-10-11-25(30)32-23-18-27-26(28-19-23)22-16-14-21(15-17-22)13-12-20(3)31-24(29)5-2/h6-7,14-20H,4-5,8-13H2,1-3H3/b7-6+. The van der Waals surface area contributed by atoms with E-state index in [0.717, 1.165) is 49.7 Å². The van der Waals surface area contributed by atoms with E-state index in [4.69, 9.17) is 9.47 Å². The Labute approximate surface area is 191 Å². The number of esters is 2. The molecule has 2 rings (SSSR count). The maximum atomic E-state index is 12.0. The van der Waals surface area contributed by atoms with E-state index in [0.29, 0.717) is 24.4 Å². The molecule has 2 aromatic rings. The van der Waals surface area contributed by atoms with Gasteiger partial charge in [-0.25, -0.2) is 9.97 Å². The second-order valence-electron chi connectivity index (χ2n) is 7.73. The molecule has 0 spiro atoms. The Kier molecular flexibility index (Phi) is 11.1. The Balaban J connectivity index is 1.79. The van der Waals surface area contributed by atoms with Crippen molar-refractivity contribution in [3.05, 3.63) is 54.4 Å². The Morgan fingerprint density at radius 1 is 1.00 bits per heavy atom. The fourth-order valence-corrected chi connectivity index (χ4v) is 3.07. The number of benzene rings is 1. The highest BCUT2D eigenvalue weighted by Gasteiger charge is 2.09. The van der Waals surface area contributed by atoms with E-state index >= 15 is 0 Å². The van der Waals surface area contributed by atoms with Crippen molar-refractivity contribution >= 4 is 11.9 Å². The maximum absolute atomic E-state index is 12.0. The van der Waals surface area contributed by atoms with Crippen LogP contribution in [0.25, 0.3) is 11.4 Å². The number of rotatable bonds is 13. The van der Waals surface area contributed by atoms with E-state index in [2.05, 4.69) is 29.0 Å². The fourth-order valence-electron chi connectivity index (χ4n) is 3.07. The zero-order valence-corrected chi connectivity index (χ0v) is 19.4. The van der Waals surface area contributed by atoms with Crippen LogP contribution in [0.4, 0.5) is 0 Å². The van der Waals surface area contributed by atoms with Crippen LogP contribution in [0, 0.1) is 0 Å². The van der Waals surface area contributed by atoms with E-state index in [1.807, 2.05) is 31.2 Å². The van der Waals surface area contributed by atoms with Crippen molar-refractivity contribution in [2.75, 3.05) is 0 Å². The molecule has 1 aromatic heterocycles. The van der Waals surface area contributed by atoms with Crippen molar-refractivity contribution in [1.82, 2.24) is 9.97 Å². The second-order valence-corrected chi connectivity index (χ2v) is 7.73. The molecule has 0 bridgehead atoms. The Morgan fingerprint density at radius 3 is 2.38 bits per heavy atom. The minimum absolute atomic E-state index is 0.0985. The SMILES string of the molecule is CC/C=C/CCCCC(=O)Oc1cnc(-c2ccc(CCC(C)OC(=O)CC)cc2)nc1. The molecule has 1 atom stereocenters. The molecule has 0 saturated heterocycles. The van der Waals surface area contributed by atoms with E-state index in [1.54, 1.807) is 6.92 Å². The molecule has 0 N–H and O–H groups in total. The average molecular weight is 439 g/mol. The fraction of sp³-hybridized carbons (Fsp3) is 0.462. The number of hydrogen-bond acceptors (Lipinski definition) is 6. The van der Waals surface area contributed by atoms with Crippen LogP contribution < -0.4 is 4.74 Å². The summed E-state index contributed by atoms with van der Waals surface area (Å²) in [7, 11) is 0. The number of hydrogen-bond donors (Lipinski definition) is 0. The van der Waals surface area contributed by atoms with Gasteiger partial charge in [0.25, 0.3) is 0 Å². The van der Waals surface area contributed by atoms with E-state index in [-0.39, 0.29) is 18.0 Å². The predicted octanol–water partition coefficient (Wildman–Crippen LogP) is 5.85. The number of carbonyl (C=O) groups excluding carboxylic acids is 2. The number of unbranched alkanes of at least 4 members (excludes halogenated alkanes) is 2. The van der Waals surface area contributed by atoms with Crippen LogP contribution in [0.1, 0.15) is 71.3 Å². The molecule has 0 saturated carbocycles. The molecule has 32 heavy (non-hydrogen) atoms. The molecule has 0 fully saturated rings. The van der Waals surface area contributed by atoms with Crippen LogP contribution in [0.5, 0.6) is 5.75 Å². The molecule has 6 nitrogen and oxygen atoms in total. The number of aromatic nitrogens is 2. The van der Waals surface area contributed by atoms with Crippen molar-refractivity contribution in [3.63, 3.8) is 0 Å². The smallest absolute Gasteiger partial charge is 0.311 e. The first kappa shape index (κ1) is 25.2. The summed E-state index contributed by atoms with van der Waals surface area (Å²) in [6.07, 6.45) is 13.4. The lowest BCUT2D eigenvalue weighted by Crippen LogP contribution is -2.14. The third kappa shape index (κ3) is 9.41. The van der Waals surface area contributed by atoms with Gasteiger partial charge in [0.05, 0.1) is 18.5 Å². The Bertz CT molecular complexity index is 860. The molecule has 172 valence electrons. The lowest BCUT2D eigenvalue weighted by molar-refractivity contribution is -0.148. The second kappa shape index (κ2) is 14.1. The molecule has 0 aliphatic carbocycles. The molecular formula is C26H34N2O4. The zero-order valence-electron chi connectivity index (χ0n) is 19.4. The first-order chi connectivity index (χ1) is 15.5. The highest BCUT2D eigenvalue weighted by atomic mass is 16.5. The summed E-state index contributed by atoms with van der Waals surface area (Å²) in [6, 6.07) is 7.98. The molecule has 0 aliphatic rings. The third-order valence-corrected chi connectivity index (χ3v) is 4.94. The van der Waals surface area contributed by atoms with Gasteiger partial charge >= 0.3 is 11.9 Å². The van der Waals surface area contributed by atoms with Gasteiger partial charge in [-0.15, -0.1) is 0 Å². The Morgan fingerprint density at radius 2 is 1.72 bits per heavy atom. The van der Waals surface area contributed by atoms with Gasteiger partial charge in [-0.3, -0.25) is 9.59 Å². The van der Waals surface area contributed by atoms with Crippen molar-refractivity contribution in [3.8, 4) is 17.1 Å². The summed E-state index contributed by atoms with van der Waals surface area (Å²) in [5, 5.41) is 0. The van der Waals surface area contributed by atoms with Crippen LogP contribution in [0.15, 0.2) is 48.8 Å². The summed E-state index contributed by atoms with van der Waals surface area (Å²) in [5.74, 6) is 0.504. The summed E-state index contributed by atoms with van der Waals surface area (Å²) in [6.45, 7) is 5.81. The highest BCUT2D eigenvalue weighted by molar-refractivity contribution is 5.72. The molecule has 1 heterocycles. The van der Waals surface area contributed by atoms with Crippen LogP contribution in [-0.2, 0) is 20.7 Å². The number of nitrogens with zero attached hydrogens (tertiary/aromatic N) is 2. The average Bonchev–Trinajstić information content (AvgIpc) is 2.81. The maximum Gasteiger partial charge on any atom is 0.311 e. The van der Waals surface area contributed by atoms with Gasteiger partial charge in [0.15, 0.2) is 11.6 Å². The van der Waals surface area contributed by atoms with E-state index < -0.39 is 0 Å². The molecule has 0 amide bonds. The number of ether oxygens (including phenoxy) is 2. The Hall–Kier alpha value is -3.02. The van der Waals surface area contributed by atoms with E-state index in [9.17, 15) is 9.59 Å². The van der Waals surface area contributed by atoms with E-state index in [1.165, 1.54) is 12.4 Å². The first-order valence-corrected chi connectivity index (χ1v) is 11.5. The summed E-state index contributed by atoms with van der Waals surface area (Å²) >= 11 is 0. The molecule has 0 radical (unpaired) electrons. The zero-order chi connectivity index (χ0) is 23.2. The minimum Gasteiger partial charge on any atom is -0.463 e. The lowest BCUT2D eigenvalue weighted by atomic mass is 10.1. The van der Waals surface area contributed by atoms with Crippen molar-refractivity contribution in [1.29, 1.82) is 0 Å². The minimum atomic E-state index is -0.260. The van der Waals surface area contributed by atoms with Gasteiger partial charge in [0, 0.05) is 18.4 Å². The largest absolute Gasteiger partial charge is 0.463 e. The number of allylic oxidation sites excluding steroid dienone is 2. The van der Waals surface area contributed by atoms with Crippen LogP contribution >= 0.6 is 0 Å².